The molecule has 1 nitrogen and oxygen atoms in total. The van der Waals surface area contributed by atoms with Crippen LogP contribution in [0.25, 0.3) is 0 Å². The molecule has 0 spiro atoms. The van der Waals surface area contributed by atoms with E-state index in [4.69, 9.17) is 0 Å². The first-order valence-corrected chi connectivity index (χ1v) is 15.1. The van der Waals surface area contributed by atoms with Gasteiger partial charge in [-0.2, -0.15) is 0 Å². The Balaban J connectivity index is 0. The molecule has 0 amide bonds. The molecule has 0 saturated carbocycles. The number of nitrogens with zero attached hydrogens (tertiary/aromatic N) is 1. The Morgan fingerprint density at radius 3 is 1.06 bits per heavy atom. The van der Waals surface area contributed by atoms with Crippen molar-refractivity contribution in [3.63, 3.8) is 0 Å². The summed E-state index contributed by atoms with van der Waals surface area (Å²) in [7, 11) is 0. The van der Waals surface area contributed by atoms with E-state index in [1.165, 1.54) is 58.2 Å². The Morgan fingerprint density at radius 2 is 0.882 bits per heavy atom. The second-order valence-electron chi connectivity index (χ2n) is 5.63. The fourth-order valence-electron chi connectivity index (χ4n) is 1.48. The van der Waals surface area contributed by atoms with E-state index in [1.54, 1.807) is 0 Å². The molecule has 17 heavy (non-hydrogen) atoms. The summed E-state index contributed by atoms with van der Waals surface area (Å²) in [6, 6.07) is 0. The SMILES string of the molecule is CCCCN(CCCC)CCCC.[CH3][Ga]([CH3])[CH3]. The molecule has 0 N–H and O–H groups in total. The maximum absolute atomic E-state index is 2.64. The molecule has 0 saturated heterocycles. The summed E-state index contributed by atoms with van der Waals surface area (Å²) >= 11 is -0.479. The zero-order valence-electron chi connectivity index (χ0n) is 13.4. The fraction of sp³-hybridized carbons (Fsp3) is 1.00. The molecular formula is C15H36GaN. The second-order valence-corrected chi connectivity index (χ2v) is 12.9. The molecule has 0 unspecified atom stereocenters. The van der Waals surface area contributed by atoms with Crippen LogP contribution in [0.3, 0.4) is 0 Å². The number of hydrogen-bond donors (Lipinski definition) is 0. The van der Waals surface area contributed by atoms with E-state index < -0.39 is 16.2 Å². The zero-order chi connectivity index (χ0) is 13.5. The molecule has 0 aromatic rings. The van der Waals surface area contributed by atoms with Gasteiger partial charge in [-0.3, -0.25) is 0 Å². The third-order valence-corrected chi connectivity index (χ3v) is 2.48. The van der Waals surface area contributed by atoms with Crippen LogP contribution in [-0.4, -0.2) is 40.8 Å². The molecule has 0 atom stereocenters. The monoisotopic (exact) mass is 299 g/mol. The molecule has 104 valence electrons. The van der Waals surface area contributed by atoms with Gasteiger partial charge in [-0.05, 0) is 38.9 Å². The average Bonchev–Trinajstić information content (AvgIpc) is 2.27. The first kappa shape index (κ1) is 19.9. The van der Waals surface area contributed by atoms with Gasteiger partial charge < -0.3 is 4.90 Å². The molecule has 0 aromatic carbocycles. The van der Waals surface area contributed by atoms with Gasteiger partial charge >= 0.3 is 32.7 Å². The van der Waals surface area contributed by atoms with Crippen molar-refractivity contribution in [2.75, 3.05) is 19.6 Å². The summed E-state index contributed by atoms with van der Waals surface area (Å²) in [5.74, 6) is 0. The molecule has 0 fully saturated rings. The third-order valence-electron chi connectivity index (χ3n) is 2.48. The first-order chi connectivity index (χ1) is 8.08. The summed E-state index contributed by atoms with van der Waals surface area (Å²) < 4.78 is 0. The summed E-state index contributed by atoms with van der Waals surface area (Å²) in [5, 5.41) is 0. The van der Waals surface area contributed by atoms with E-state index in [1.807, 2.05) is 0 Å². The van der Waals surface area contributed by atoms with Crippen LogP contribution in [0, 0.1) is 0 Å². The standard InChI is InChI=1S/C12H27N.3CH3.Ga/c1-4-7-10-13(11-8-5-2)12-9-6-3;;;;/h4-12H2,1-3H3;3*1H3;. The fourth-order valence-corrected chi connectivity index (χ4v) is 1.48. The van der Waals surface area contributed by atoms with Crippen molar-refractivity contribution in [3.05, 3.63) is 0 Å². The molecule has 0 rings (SSSR count). The van der Waals surface area contributed by atoms with Crippen molar-refractivity contribution < 1.29 is 0 Å². The quantitative estimate of drug-likeness (QED) is 0.538. The van der Waals surface area contributed by atoms with Gasteiger partial charge in [-0.15, -0.1) is 0 Å². The van der Waals surface area contributed by atoms with Crippen LogP contribution in [0.5, 0.6) is 0 Å². The Labute approximate surface area is 116 Å². The summed E-state index contributed by atoms with van der Waals surface area (Å²) in [5.41, 5.74) is 7.06. The predicted octanol–water partition coefficient (Wildman–Crippen LogP) is 5.06. The minimum atomic E-state index is -0.479. The first-order valence-electron chi connectivity index (χ1n) is 7.80. The van der Waals surface area contributed by atoms with Gasteiger partial charge in [-0.25, -0.2) is 0 Å². The van der Waals surface area contributed by atoms with Gasteiger partial charge in [0.25, 0.3) is 0 Å². The predicted molar refractivity (Wildman–Crippen MR) is 84.5 cm³/mol. The molecule has 0 aliphatic carbocycles. The molecule has 0 radical (unpaired) electrons. The van der Waals surface area contributed by atoms with Crippen molar-refractivity contribution in [2.24, 2.45) is 0 Å². The normalized spacial score (nSPS) is 10.1. The van der Waals surface area contributed by atoms with Gasteiger partial charge in [0.2, 0.25) is 0 Å². The van der Waals surface area contributed by atoms with Crippen molar-refractivity contribution in [1.29, 1.82) is 0 Å². The third kappa shape index (κ3) is 22.3. The number of hydrogen-bond acceptors (Lipinski definition) is 1. The second kappa shape index (κ2) is 16.6. The van der Waals surface area contributed by atoms with Crippen LogP contribution < -0.4 is 0 Å². The van der Waals surface area contributed by atoms with Gasteiger partial charge in [0.05, 0.1) is 0 Å². The van der Waals surface area contributed by atoms with Crippen LogP contribution in [0.4, 0.5) is 0 Å². The molecule has 0 aliphatic heterocycles. The summed E-state index contributed by atoms with van der Waals surface area (Å²) in [4.78, 5) is 2.64. The van der Waals surface area contributed by atoms with Crippen molar-refractivity contribution in [2.45, 2.75) is 75.7 Å². The van der Waals surface area contributed by atoms with Crippen LogP contribution in [0.2, 0.25) is 16.4 Å². The molecule has 0 aliphatic rings. The molecule has 0 aromatic heterocycles. The zero-order valence-corrected chi connectivity index (χ0v) is 15.8. The van der Waals surface area contributed by atoms with Crippen LogP contribution >= 0.6 is 0 Å². The van der Waals surface area contributed by atoms with Gasteiger partial charge in [0, 0.05) is 0 Å². The summed E-state index contributed by atoms with van der Waals surface area (Å²) in [6.45, 7) is 10.8. The summed E-state index contributed by atoms with van der Waals surface area (Å²) in [6.07, 6.45) is 8.09. The van der Waals surface area contributed by atoms with E-state index >= 15 is 0 Å². The Kier molecular flexibility index (Phi) is 19.5. The molecule has 0 heterocycles. The van der Waals surface area contributed by atoms with E-state index in [0.29, 0.717) is 0 Å². The van der Waals surface area contributed by atoms with Crippen LogP contribution in [0.15, 0.2) is 0 Å². The van der Waals surface area contributed by atoms with Gasteiger partial charge in [-0.1, -0.05) is 40.0 Å². The van der Waals surface area contributed by atoms with Gasteiger partial charge in [0.1, 0.15) is 0 Å². The van der Waals surface area contributed by atoms with E-state index in [2.05, 4.69) is 42.1 Å². The molecule has 2 heteroatoms. The van der Waals surface area contributed by atoms with Crippen molar-refractivity contribution in [1.82, 2.24) is 4.90 Å². The number of unbranched alkanes of at least 4 members (excludes halogenated alkanes) is 3. The molecule has 0 bridgehead atoms. The minimum absolute atomic E-state index is 0.479. The number of rotatable bonds is 9. The Bertz CT molecular complexity index is 104. The van der Waals surface area contributed by atoms with E-state index in [-0.39, 0.29) is 0 Å². The van der Waals surface area contributed by atoms with Gasteiger partial charge in [0.15, 0.2) is 0 Å². The van der Waals surface area contributed by atoms with E-state index in [9.17, 15) is 0 Å². The van der Waals surface area contributed by atoms with Crippen molar-refractivity contribution in [3.8, 4) is 0 Å². The van der Waals surface area contributed by atoms with Crippen molar-refractivity contribution >= 4 is 16.2 Å². The average molecular weight is 300 g/mol. The Hall–Kier alpha value is 0.596. The van der Waals surface area contributed by atoms with Crippen LogP contribution in [0.1, 0.15) is 59.3 Å². The van der Waals surface area contributed by atoms with E-state index in [0.717, 1.165) is 0 Å². The topological polar surface area (TPSA) is 3.24 Å². The molecular weight excluding hydrogens is 264 g/mol. The Morgan fingerprint density at radius 1 is 0.647 bits per heavy atom. The van der Waals surface area contributed by atoms with Crippen LogP contribution in [-0.2, 0) is 0 Å². The maximum atomic E-state index is 2.64.